The van der Waals surface area contributed by atoms with Gasteiger partial charge in [-0.3, -0.25) is 9.59 Å². The monoisotopic (exact) mass is 343 g/mol. The lowest BCUT2D eigenvalue weighted by Crippen LogP contribution is -2.14. The first-order valence-corrected chi connectivity index (χ1v) is 7.86. The van der Waals surface area contributed by atoms with Crippen LogP contribution in [0, 0.1) is 13.8 Å². The summed E-state index contributed by atoms with van der Waals surface area (Å²) in [5, 5.41) is 5.49. The van der Waals surface area contributed by atoms with E-state index < -0.39 is 5.97 Å². The number of ether oxygens (including phenoxy) is 1. The summed E-state index contributed by atoms with van der Waals surface area (Å²) < 4.78 is 4.74. The molecule has 0 saturated carbocycles. The van der Waals surface area contributed by atoms with Crippen LogP contribution in [0.4, 0.5) is 11.4 Å². The highest BCUT2D eigenvalue weighted by atomic mass is 16.5. The highest BCUT2D eigenvalue weighted by Gasteiger charge is 2.22. The number of nitrogens with one attached hydrogen (secondary N) is 3. The molecule has 0 atom stereocenters. The zero-order valence-electron chi connectivity index (χ0n) is 14.6. The quantitative estimate of drug-likeness (QED) is 0.727. The first-order valence-electron chi connectivity index (χ1n) is 7.86. The van der Waals surface area contributed by atoms with Crippen molar-refractivity contribution >= 4 is 29.2 Å². The average Bonchev–Trinajstić information content (AvgIpc) is 2.90. The average molecular weight is 343 g/mol. The predicted molar refractivity (Wildman–Crippen MR) is 94.9 cm³/mol. The van der Waals surface area contributed by atoms with Gasteiger partial charge in [0.15, 0.2) is 0 Å². The van der Waals surface area contributed by atoms with Gasteiger partial charge in [-0.25, -0.2) is 4.79 Å². The van der Waals surface area contributed by atoms with Gasteiger partial charge in [-0.1, -0.05) is 6.92 Å². The van der Waals surface area contributed by atoms with E-state index in [4.69, 9.17) is 4.74 Å². The molecule has 0 aliphatic carbocycles. The second-order valence-electron chi connectivity index (χ2n) is 5.55. The molecular weight excluding hydrogens is 322 g/mol. The summed E-state index contributed by atoms with van der Waals surface area (Å²) in [5.41, 5.74) is 3.02. The van der Waals surface area contributed by atoms with Gasteiger partial charge < -0.3 is 20.4 Å². The van der Waals surface area contributed by atoms with Crippen LogP contribution in [0.5, 0.6) is 0 Å². The van der Waals surface area contributed by atoms with Gasteiger partial charge in [-0.05, 0) is 43.7 Å². The summed E-state index contributed by atoms with van der Waals surface area (Å²) in [4.78, 5) is 38.5. The van der Waals surface area contributed by atoms with Gasteiger partial charge in [-0.2, -0.15) is 0 Å². The molecule has 0 aliphatic heterocycles. The molecule has 0 fully saturated rings. The summed E-state index contributed by atoms with van der Waals surface area (Å²) in [6, 6.07) is 6.79. The molecule has 1 heterocycles. The van der Waals surface area contributed by atoms with E-state index in [1.807, 2.05) is 0 Å². The maximum atomic E-state index is 12.5. The molecule has 1 aromatic carbocycles. The van der Waals surface area contributed by atoms with Gasteiger partial charge in [0.05, 0.1) is 12.7 Å². The minimum absolute atomic E-state index is 0.0791. The molecule has 2 rings (SSSR count). The summed E-state index contributed by atoms with van der Waals surface area (Å²) >= 11 is 0. The lowest BCUT2D eigenvalue weighted by atomic mass is 10.1. The Bertz CT molecular complexity index is 806. The van der Waals surface area contributed by atoms with Gasteiger partial charge in [0.2, 0.25) is 5.91 Å². The van der Waals surface area contributed by atoms with Crippen molar-refractivity contribution in [3.8, 4) is 0 Å². The molecular formula is C18H21N3O4. The number of hydrogen-bond donors (Lipinski definition) is 3. The second-order valence-corrected chi connectivity index (χ2v) is 5.55. The lowest BCUT2D eigenvalue weighted by Gasteiger charge is -2.07. The first kappa shape index (κ1) is 18.3. The smallest absolute Gasteiger partial charge is 0.339 e. The number of carbonyl (C=O) groups excluding carboxylic acids is 3. The van der Waals surface area contributed by atoms with Gasteiger partial charge in [0.25, 0.3) is 5.91 Å². The third kappa shape index (κ3) is 4.06. The van der Waals surface area contributed by atoms with Crippen molar-refractivity contribution in [2.75, 3.05) is 17.7 Å². The van der Waals surface area contributed by atoms with Crippen molar-refractivity contribution in [3.05, 3.63) is 46.8 Å². The molecule has 7 nitrogen and oxygen atoms in total. The van der Waals surface area contributed by atoms with Crippen LogP contribution in [0.15, 0.2) is 24.3 Å². The Balaban J connectivity index is 2.15. The fourth-order valence-corrected chi connectivity index (χ4v) is 2.47. The van der Waals surface area contributed by atoms with Crippen molar-refractivity contribution in [1.29, 1.82) is 0 Å². The maximum absolute atomic E-state index is 12.5. The molecule has 1 aromatic heterocycles. The highest BCUT2D eigenvalue weighted by Crippen LogP contribution is 2.21. The van der Waals surface area contributed by atoms with E-state index in [1.165, 1.54) is 7.11 Å². The van der Waals surface area contributed by atoms with Crippen molar-refractivity contribution in [1.82, 2.24) is 4.98 Å². The van der Waals surface area contributed by atoms with E-state index in [-0.39, 0.29) is 11.8 Å². The molecule has 0 radical (unpaired) electrons. The second kappa shape index (κ2) is 7.65. The van der Waals surface area contributed by atoms with Crippen LogP contribution in [0.1, 0.15) is 45.4 Å². The number of H-pyrrole nitrogens is 1. The Morgan fingerprint density at radius 3 is 2.12 bits per heavy atom. The van der Waals surface area contributed by atoms with Gasteiger partial charge >= 0.3 is 5.97 Å². The largest absolute Gasteiger partial charge is 0.465 e. The SMILES string of the molecule is CCC(=O)Nc1ccc(NC(=O)c2[nH]c(C)c(C(=O)OC)c2C)cc1. The predicted octanol–water partition coefficient (Wildman–Crippen LogP) is 3.02. The molecule has 0 unspecified atom stereocenters. The summed E-state index contributed by atoms with van der Waals surface area (Å²) in [7, 11) is 1.30. The minimum Gasteiger partial charge on any atom is -0.465 e. The van der Waals surface area contributed by atoms with Crippen LogP contribution in [-0.4, -0.2) is 29.9 Å². The normalized spacial score (nSPS) is 10.2. The van der Waals surface area contributed by atoms with Gasteiger partial charge in [0.1, 0.15) is 5.69 Å². The number of benzene rings is 1. The number of amides is 2. The fraction of sp³-hybridized carbons (Fsp3) is 0.278. The number of anilines is 2. The Morgan fingerprint density at radius 1 is 1.04 bits per heavy atom. The highest BCUT2D eigenvalue weighted by molar-refractivity contribution is 6.07. The number of carbonyl (C=O) groups is 3. The Morgan fingerprint density at radius 2 is 1.60 bits per heavy atom. The standard InChI is InChI=1S/C18H21N3O4/c1-5-14(22)20-12-6-8-13(9-7-12)21-17(23)16-10(2)15(11(3)19-16)18(24)25-4/h6-9,19H,5H2,1-4H3,(H,20,22)(H,21,23). The van der Waals surface area contributed by atoms with Gasteiger partial charge in [0, 0.05) is 23.5 Å². The number of hydrogen-bond acceptors (Lipinski definition) is 4. The number of aromatic amines is 1. The van der Waals surface area contributed by atoms with Crippen molar-refractivity contribution < 1.29 is 19.1 Å². The fourth-order valence-electron chi connectivity index (χ4n) is 2.47. The molecule has 7 heteroatoms. The zero-order chi connectivity index (χ0) is 18.6. The number of esters is 1. The molecule has 0 aliphatic rings. The number of rotatable bonds is 5. The Labute approximate surface area is 145 Å². The lowest BCUT2D eigenvalue weighted by molar-refractivity contribution is -0.115. The zero-order valence-corrected chi connectivity index (χ0v) is 14.6. The van der Waals surface area contributed by atoms with Gasteiger partial charge in [-0.15, -0.1) is 0 Å². The summed E-state index contributed by atoms with van der Waals surface area (Å²) in [5.74, 6) is -0.924. The van der Waals surface area contributed by atoms with E-state index in [0.29, 0.717) is 40.3 Å². The third-order valence-corrected chi connectivity index (χ3v) is 3.80. The van der Waals surface area contributed by atoms with Crippen molar-refractivity contribution in [2.45, 2.75) is 27.2 Å². The van der Waals surface area contributed by atoms with E-state index in [0.717, 1.165) is 0 Å². The summed E-state index contributed by atoms with van der Waals surface area (Å²) in [6.45, 7) is 5.17. The first-order chi connectivity index (χ1) is 11.9. The number of aryl methyl sites for hydroxylation is 1. The molecule has 3 N–H and O–H groups in total. The molecule has 25 heavy (non-hydrogen) atoms. The topological polar surface area (TPSA) is 100 Å². The molecule has 0 spiro atoms. The van der Waals surface area contributed by atoms with Crippen molar-refractivity contribution in [3.63, 3.8) is 0 Å². The Kier molecular flexibility index (Phi) is 5.59. The van der Waals surface area contributed by atoms with Crippen LogP contribution in [0.25, 0.3) is 0 Å². The van der Waals surface area contributed by atoms with Crippen molar-refractivity contribution in [2.24, 2.45) is 0 Å². The van der Waals surface area contributed by atoms with Crippen LogP contribution in [0.2, 0.25) is 0 Å². The van der Waals surface area contributed by atoms with E-state index in [9.17, 15) is 14.4 Å². The molecule has 2 amide bonds. The Hall–Kier alpha value is -3.09. The maximum Gasteiger partial charge on any atom is 0.339 e. The van der Waals surface area contributed by atoms with E-state index >= 15 is 0 Å². The number of methoxy groups -OCH3 is 1. The third-order valence-electron chi connectivity index (χ3n) is 3.80. The minimum atomic E-state index is -0.485. The molecule has 2 aromatic rings. The van der Waals surface area contributed by atoms with Crippen LogP contribution >= 0.6 is 0 Å². The van der Waals surface area contributed by atoms with Crippen LogP contribution in [0.3, 0.4) is 0 Å². The van der Waals surface area contributed by atoms with Crippen LogP contribution < -0.4 is 10.6 Å². The number of aromatic nitrogens is 1. The van der Waals surface area contributed by atoms with E-state index in [1.54, 1.807) is 45.0 Å². The summed E-state index contributed by atoms with van der Waals surface area (Å²) in [6.07, 6.45) is 0.395. The van der Waals surface area contributed by atoms with Crippen LogP contribution in [-0.2, 0) is 9.53 Å². The van der Waals surface area contributed by atoms with E-state index in [2.05, 4.69) is 15.6 Å². The molecule has 0 saturated heterocycles. The molecule has 132 valence electrons. The molecule has 0 bridgehead atoms.